The standard InChI is InChI=1S/C27H25F2N5O4/c28-21-14-20(33-7-9-38-10-8-33)15-22(29)25(21)26(35)32-23(27(36)37)13-18-4-1-3-17(11-18)12-19-5-2-6-24-30-16-31-34(19)24/h1-6,11,14-16,23H,7-10,12-13H2,(H,32,35)(H,36,37). The molecule has 1 aliphatic rings. The van der Waals surface area contributed by atoms with Crippen LogP contribution >= 0.6 is 0 Å². The first kappa shape index (κ1) is 25.3. The predicted octanol–water partition coefficient (Wildman–Crippen LogP) is 2.86. The highest BCUT2D eigenvalue weighted by molar-refractivity contribution is 5.97. The minimum Gasteiger partial charge on any atom is -0.480 e. The first-order chi connectivity index (χ1) is 18.4. The van der Waals surface area contributed by atoms with Crippen molar-refractivity contribution >= 4 is 23.2 Å². The third kappa shape index (κ3) is 5.47. The van der Waals surface area contributed by atoms with Gasteiger partial charge in [-0.15, -0.1) is 0 Å². The van der Waals surface area contributed by atoms with E-state index < -0.39 is 35.1 Å². The number of carbonyl (C=O) groups excluding carboxylic acids is 1. The SMILES string of the molecule is O=C(NC(Cc1cccc(Cc2cccc3ncnn23)c1)C(=O)O)c1c(F)cc(N2CCOCC2)cc1F. The maximum atomic E-state index is 14.8. The lowest BCUT2D eigenvalue weighted by molar-refractivity contribution is -0.139. The van der Waals surface area contributed by atoms with E-state index in [0.717, 1.165) is 23.4 Å². The Morgan fingerprint density at radius 1 is 1.03 bits per heavy atom. The van der Waals surface area contributed by atoms with E-state index in [1.165, 1.54) is 6.33 Å². The average Bonchev–Trinajstić information content (AvgIpc) is 3.39. The predicted molar refractivity (Wildman–Crippen MR) is 134 cm³/mol. The number of carbonyl (C=O) groups is 2. The summed E-state index contributed by atoms with van der Waals surface area (Å²) in [5.41, 5.74) is 2.63. The zero-order valence-electron chi connectivity index (χ0n) is 20.3. The van der Waals surface area contributed by atoms with Crippen LogP contribution in [0.4, 0.5) is 14.5 Å². The van der Waals surface area contributed by atoms with Crippen LogP contribution in [0.25, 0.3) is 5.65 Å². The summed E-state index contributed by atoms with van der Waals surface area (Å²) >= 11 is 0. The molecule has 2 N–H and O–H groups in total. The topological polar surface area (TPSA) is 109 Å². The number of hydrogen-bond donors (Lipinski definition) is 2. The molecule has 0 spiro atoms. The number of nitrogens with one attached hydrogen (secondary N) is 1. The van der Waals surface area contributed by atoms with Crippen molar-refractivity contribution in [1.29, 1.82) is 0 Å². The fourth-order valence-electron chi connectivity index (χ4n) is 4.56. The number of fused-ring (bicyclic) bond motifs is 1. The number of carboxylic acids is 1. The first-order valence-electron chi connectivity index (χ1n) is 12.1. The van der Waals surface area contributed by atoms with Gasteiger partial charge in [0.15, 0.2) is 5.65 Å². The van der Waals surface area contributed by atoms with Gasteiger partial charge < -0.3 is 20.1 Å². The molecule has 1 amide bonds. The van der Waals surface area contributed by atoms with Crippen LogP contribution in [0.3, 0.4) is 0 Å². The second-order valence-electron chi connectivity index (χ2n) is 9.00. The molecule has 11 heteroatoms. The minimum absolute atomic E-state index is 0.0719. The molecule has 4 aromatic rings. The van der Waals surface area contributed by atoms with Gasteiger partial charge in [0.25, 0.3) is 5.91 Å². The fourth-order valence-corrected chi connectivity index (χ4v) is 4.56. The summed E-state index contributed by atoms with van der Waals surface area (Å²) in [6.45, 7) is 1.81. The van der Waals surface area contributed by atoms with E-state index in [9.17, 15) is 23.5 Å². The van der Waals surface area contributed by atoms with Crippen molar-refractivity contribution in [1.82, 2.24) is 19.9 Å². The Bertz CT molecular complexity index is 1460. The molecule has 1 unspecified atom stereocenters. The summed E-state index contributed by atoms with van der Waals surface area (Å²) in [5.74, 6) is -4.56. The van der Waals surface area contributed by atoms with Crippen molar-refractivity contribution in [3.63, 3.8) is 0 Å². The number of aliphatic carboxylic acids is 1. The lowest BCUT2D eigenvalue weighted by Gasteiger charge is -2.29. The number of rotatable bonds is 8. The van der Waals surface area contributed by atoms with Crippen LogP contribution in [-0.4, -0.2) is 63.9 Å². The highest BCUT2D eigenvalue weighted by Crippen LogP contribution is 2.23. The van der Waals surface area contributed by atoms with Crippen LogP contribution in [-0.2, 0) is 22.4 Å². The zero-order chi connectivity index (χ0) is 26.6. The van der Waals surface area contributed by atoms with Crippen molar-refractivity contribution in [2.45, 2.75) is 18.9 Å². The molecule has 5 rings (SSSR count). The van der Waals surface area contributed by atoms with Gasteiger partial charge in [-0.3, -0.25) is 4.79 Å². The third-order valence-corrected chi connectivity index (χ3v) is 6.43. The van der Waals surface area contributed by atoms with E-state index in [2.05, 4.69) is 15.4 Å². The van der Waals surface area contributed by atoms with Crippen LogP contribution in [0.5, 0.6) is 0 Å². The molecule has 0 aliphatic carbocycles. The summed E-state index contributed by atoms with van der Waals surface area (Å²) in [5, 5.41) is 16.2. The molecule has 9 nitrogen and oxygen atoms in total. The molecule has 1 saturated heterocycles. The van der Waals surface area contributed by atoms with E-state index in [0.29, 0.717) is 49.6 Å². The minimum atomic E-state index is -1.39. The number of ether oxygens (including phenoxy) is 1. The van der Waals surface area contributed by atoms with Crippen LogP contribution in [0.1, 0.15) is 27.2 Å². The molecular formula is C27H25F2N5O4. The zero-order valence-corrected chi connectivity index (χ0v) is 20.3. The number of hydrogen-bond acceptors (Lipinski definition) is 6. The number of nitrogens with zero attached hydrogens (tertiary/aromatic N) is 4. The van der Waals surface area contributed by atoms with Gasteiger partial charge in [-0.2, -0.15) is 5.10 Å². The summed E-state index contributed by atoms with van der Waals surface area (Å²) in [6, 6.07) is 13.7. The van der Waals surface area contributed by atoms with Crippen molar-refractivity contribution in [2.75, 3.05) is 31.2 Å². The monoisotopic (exact) mass is 521 g/mol. The molecule has 1 aliphatic heterocycles. The van der Waals surface area contributed by atoms with Crippen molar-refractivity contribution in [3.05, 3.63) is 94.9 Å². The van der Waals surface area contributed by atoms with E-state index in [1.54, 1.807) is 21.5 Å². The number of halogens is 2. The molecule has 0 bridgehead atoms. The van der Waals surface area contributed by atoms with Crippen LogP contribution in [0, 0.1) is 11.6 Å². The highest BCUT2D eigenvalue weighted by atomic mass is 19.1. The summed E-state index contributed by atoms with van der Waals surface area (Å²) < 4.78 is 36.6. The maximum absolute atomic E-state index is 14.8. The van der Waals surface area contributed by atoms with E-state index >= 15 is 0 Å². The number of anilines is 1. The Kier molecular flexibility index (Phi) is 7.27. The van der Waals surface area contributed by atoms with Crippen LogP contribution in [0.2, 0.25) is 0 Å². The van der Waals surface area contributed by atoms with Crippen molar-refractivity contribution in [3.8, 4) is 0 Å². The van der Waals surface area contributed by atoms with E-state index in [1.807, 2.05) is 30.3 Å². The number of aromatic nitrogens is 3. The van der Waals surface area contributed by atoms with Crippen LogP contribution < -0.4 is 10.2 Å². The van der Waals surface area contributed by atoms with Gasteiger partial charge in [0, 0.05) is 37.3 Å². The molecule has 196 valence electrons. The molecule has 1 atom stereocenters. The first-order valence-corrected chi connectivity index (χ1v) is 12.1. The van der Waals surface area contributed by atoms with Gasteiger partial charge in [0.1, 0.15) is 29.6 Å². The molecular weight excluding hydrogens is 496 g/mol. The maximum Gasteiger partial charge on any atom is 0.326 e. The number of morpholine rings is 1. The Labute approximate surface area is 216 Å². The van der Waals surface area contributed by atoms with Crippen molar-refractivity contribution in [2.24, 2.45) is 0 Å². The largest absolute Gasteiger partial charge is 0.480 e. The highest BCUT2D eigenvalue weighted by Gasteiger charge is 2.26. The Morgan fingerprint density at radius 3 is 2.47 bits per heavy atom. The average molecular weight is 522 g/mol. The van der Waals surface area contributed by atoms with Gasteiger partial charge in [0.2, 0.25) is 0 Å². The van der Waals surface area contributed by atoms with Gasteiger partial charge in [-0.25, -0.2) is 23.1 Å². The second-order valence-corrected chi connectivity index (χ2v) is 9.00. The summed E-state index contributed by atoms with van der Waals surface area (Å²) in [4.78, 5) is 30.7. The lowest BCUT2D eigenvalue weighted by atomic mass is 10.0. The number of amides is 1. The summed E-state index contributed by atoms with van der Waals surface area (Å²) in [6.07, 6.45) is 1.92. The number of carboxylic acid groups (broad SMARTS) is 1. The van der Waals surface area contributed by atoms with E-state index in [4.69, 9.17) is 4.74 Å². The molecule has 38 heavy (non-hydrogen) atoms. The quantitative estimate of drug-likeness (QED) is 0.367. The normalized spacial score (nSPS) is 14.4. The Hall–Kier alpha value is -4.38. The van der Waals surface area contributed by atoms with Gasteiger partial charge >= 0.3 is 5.97 Å². The Balaban J connectivity index is 1.31. The van der Waals surface area contributed by atoms with Gasteiger partial charge in [-0.1, -0.05) is 30.3 Å². The third-order valence-electron chi connectivity index (χ3n) is 6.43. The van der Waals surface area contributed by atoms with Gasteiger partial charge in [0.05, 0.1) is 13.2 Å². The van der Waals surface area contributed by atoms with E-state index in [-0.39, 0.29) is 6.42 Å². The van der Waals surface area contributed by atoms with Crippen molar-refractivity contribution < 1.29 is 28.2 Å². The molecule has 2 aromatic heterocycles. The molecule has 0 radical (unpaired) electrons. The lowest BCUT2D eigenvalue weighted by Crippen LogP contribution is -2.43. The number of benzene rings is 2. The molecule has 1 fully saturated rings. The molecule has 3 heterocycles. The summed E-state index contributed by atoms with van der Waals surface area (Å²) in [7, 11) is 0. The van der Waals surface area contributed by atoms with Crippen LogP contribution in [0.15, 0.2) is 60.9 Å². The second kappa shape index (κ2) is 10.9. The Morgan fingerprint density at radius 2 is 1.74 bits per heavy atom. The fraction of sp³-hybridized carbons (Fsp3) is 0.259. The smallest absolute Gasteiger partial charge is 0.326 e. The number of pyridine rings is 1. The van der Waals surface area contributed by atoms with Gasteiger partial charge in [-0.05, 0) is 35.4 Å². The molecule has 2 aromatic carbocycles. The molecule has 0 saturated carbocycles.